The number of nitrogens with zero attached hydrogens (tertiary/aromatic N) is 5. The van der Waals surface area contributed by atoms with E-state index in [2.05, 4.69) is 39.3 Å². The highest BCUT2D eigenvalue weighted by Gasteiger charge is 2.21. The molecule has 1 aromatic rings. The third-order valence-corrected chi connectivity index (χ3v) is 3.80. The van der Waals surface area contributed by atoms with Crippen LogP contribution in [0.2, 0.25) is 0 Å². The van der Waals surface area contributed by atoms with Crippen LogP contribution in [-0.4, -0.2) is 58.5 Å². The standard InChI is InChI=1S/C14H26N6O.HI/c1-4-19-11-17-18-13(19)10-16-14(15-3)20-8-6-12(7-9-20)21-5-2;/h11-12H,4-10H2,1-3H3,(H,15,16);1H. The molecule has 0 aliphatic carbocycles. The lowest BCUT2D eigenvalue weighted by atomic mass is 10.1. The highest BCUT2D eigenvalue weighted by molar-refractivity contribution is 14.0. The van der Waals surface area contributed by atoms with E-state index in [1.54, 1.807) is 6.33 Å². The number of aliphatic imine (C=N–C) groups is 1. The Kier molecular flexibility index (Phi) is 8.69. The van der Waals surface area contributed by atoms with Gasteiger partial charge in [-0.2, -0.15) is 0 Å². The Morgan fingerprint density at radius 3 is 2.73 bits per heavy atom. The number of hydrogen-bond acceptors (Lipinski definition) is 4. The molecular formula is C14H27IN6O. The van der Waals surface area contributed by atoms with Crippen LogP contribution in [0.15, 0.2) is 11.3 Å². The van der Waals surface area contributed by atoms with Crippen LogP contribution in [0.25, 0.3) is 0 Å². The summed E-state index contributed by atoms with van der Waals surface area (Å²) in [6, 6.07) is 0. The molecule has 0 aromatic carbocycles. The quantitative estimate of drug-likeness (QED) is 0.443. The summed E-state index contributed by atoms with van der Waals surface area (Å²) in [5, 5.41) is 11.4. The fraction of sp³-hybridized carbons (Fsp3) is 0.786. The van der Waals surface area contributed by atoms with Crippen molar-refractivity contribution >= 4 is 29.9 Å². The van der Waals surface area contributed by atoms with Crippen molar-refractivity contribution in [1.29, 1.82) is 0 Å². The van der Waals surface area contributed by atoms with Crippen molar-refractivity contribution < 1.29 is 4.74 Å². The number of likely N-dealkylation sites (tertiary alicyclic amines) is 1. The van der Waals surface area contributed by atoms with E-state index in [1.807, 2.05) is 11.6 Å². The Hall–Kier alpha value is -0.900. The molecule has 1 aliphatic rings. The molecule has 0 amide bonds. The van der Waals surface area contributed by atoms with E-state index < -0.39 is 0 Å². The Bertz CT molecular complexity index is 456. The first-order chi connectivity index (χ1) is 10.3. The first-order valence-electron chi connectivity index (χ1n) is 7.72. The fourth-order valence-electron chi connectivity index (χ4n) is 2.64. The monoisotopic (exact) mass is 422 g/mol. The molecule has 126 valence electrons. The third-order valence-electron chi connectivity index (χ3n) is 3.80. The van der Waals surface area contributed by atoms with Gasteiger partial charge in [0.25, 0.3) is 0 Å². The minimum Gasteiger partial charge on any atom is -0.378 e. The summed E-state index contributed by atoms with van der Waals surface area (Å²) in [5.41, 5.74) is 0. The van der Waals surface area contributed by atoms with Crippen molar-refractivity contribution in [3.63, 3.8) is 0 Å². The molecule has 1 fully saturated rings. The molecule has 0 radical (unpaired) electrons. The number of hydrogen-bond donors (Lipinski definition) is 1. The maximum Gasteiger partial charge on any atom is 0.194 e. The van der Waals surface area contributed by atoms with Gasteiger partial charge in [-0.25, -0.2) is 0 Å². The van der Waals surface area contributed by atoms with Crippen LogP contribution in [0.4, 0.5) is 0 Å². The first kappa shape index (κ1) is 19.1. The minimum atomic E-state index is 0. The van der Waals surface area contributed by atoms with E-state index in [0.717, 1.165) is 50.9 Å². The van der Waals surface area contributed by atoms with Crippen molar-refractivity contribution in [1.82, 2.24) is 25.0 Å². The van der Waals surface area contributed by atoms with Gasteiger partial charge in [-0.05, 0) is 26.7 Å². The number of piperidine rings is 1. The highest BCUT2D eigenvalue weighted by Crippen LogP contribution is 2.13. The van der Waals surface area contributed by atoms with Gasteiger partial charge in [0, 0.05) is 33.3 Å². The average molecular weight is 422 g/mol. The van der Waals surface area contributed by atoms with E-state index in [-0.39, 0.29) is 24.0 Å². The van der Waals surface area contributed by atoms with Crippen molar-refractivity contribution in [3.8, 4) is 0 Å². The normalized spacial score (nSPS) is 16.5. The van der Waals surface area contributed by atoms with Gasteiger partial charge in [-0.15, -0.1) is 34.2 Å². The second kappa shape index (κ2) is 9.98. The molecule has 2 heterocycles. The van der Waals surface area contributed by atoms with E-state index in [4.69, 9.17) is 4.74 Å². The molecule has 0 atom stereocenters. The molecule has 1 aromatic heterocycles. The number of aryl methyl sites for hydroxylation is 1. The summed E-state index contributed by atoms with van der Waals surface area (Å²) in [4.78, 5) is 6.65. The first-order valence-corrected chi connectivity index (χ1v) is 7.72. The second-order valence-electron chi connectivity index (χ2n) is 5.08. The molecule has 2 rings (SSSR count). The molecule has 0 unspecified atom stereocenters. The fourth-order valence-corrected chi connectivity index (χ4v) is 2.64. The number of aromatic nitrogens is 3. The lowest BCUT2D eigenvalue weighted by molar-refractivity contribution is 0.0263. The number of guanidine groups is 1. The largest absolute Gasteiger partial charge is 0.378 e. The topological polar surface area (TPSA) is 67.6 Å². The van der Waals surface area contributed by atoms with Crippen molar-refractivity contribution in [3.05, 3.63) is 12.2 Å². The minimum absolute atomic E-state index is 0. The predicted octanol–water partition coefficient (Wildman–Crippen LogP) is 1.49. The summed E-state index contributed by atoms with van der Waals surface area (Å²) >= 11 is 0. The van der Waals surface area contributed by atoms with Crippen LogP contribution < -0.4 is 5.32 Å². The molecule has 0 saturated carbocycles. The molecular weight excluding hydrogens is 395 g/mol. The van der Waals surface area contributed by atoms with Crippen molar-refractivity contribution in [2.24, 2.45) is 4.99 Å². The van der Waals surface area contributed by atoms with E-state index >= 15 is 0 Å². The van der Waals surface area contributed by atoms with E-state index in [9.17, 15) is 0 Å². The van der Waals surface area contributed by atoms with Gasteiger partial charge >= 0.3 is 0 Å². The summed E-state index contributed by atoms with van der Waals surface area (Å²) in [6.45, 7) is 8.41. The van der Waals surface area contributed by atoms with E-state index in [0.29, 0.717) is 12.6 Å². The maximum absolute atomic E-state index is 5.69. The Balaban J connectivity index is 0.00000242. The van der Waals surface area contributed by atoms with Gasteiger partial charge in [0.05, 0.1) is 12.6 Å². The van der Waals surface area contributed by atoms with Crippen LogP contribution in [0.1, 0.15) is 32.5 Å². The van der Waals surface area contributed by atoms with Crippen LogP contribution in [0.5, 0.6) is 0 Å². The van der Waals surface area contributed by atoms with Crippen molar-refractivity contribution in [2.75, 3.05) is 26.7 Å². The average Bonchev–Trinajstić information content (AvgIpc) is 2.97. The van der Waals surface area contributed by atoms with Gasteiger partial charge < -0.3 is 19.5 Å². The summed E-state index contributed by atoms with van der Waals surface area (Å²) < 4.78 is 7.71. The predicted molar refractivity (Wildman–Crippen MR) is 97.5 cm³/mol. The number of ether oxygens (including phenoxy) is 1. The highest BCUT2D eigenvalue weighted by atomic mass is 127. The number of rotatable bonds is 5. The lowest BCUT2D eigenvalue weighted by Gasteiger charge is -2.33. The van der Waals surface area contributed by atoms with Crippen LogP contribution in [0, 0.1) is 0 Å². The van der Waals surface area contributed by atoms with Gasteiger partial charge in [0.1, 0.15) is 6.33 Å². The SMILES string of the molecule is CCOC1CCN(C(=NC)NCc2nncn2CC)CC1.I. The molecule has 7 nitrogen and oxygen atoms in total. The lowest BCUT2D eigenvalue weighted by Crippen LogP contribution is -2.47. The smallest absolute Gasteiger partial charge is 0.194 e. The summed E-state index contributed by atoms with van der Waals surface area (Å²) in [7, 11) is 1.82. The molecule has 1 N–H and O–H groups in total. The van der Waals surface area contributed by atoms with Gasteiger partial charge in [-0.3, -0.25) is 4.99 Å². The summed E-state index contributed by atoms with van der Waals surface area (Å²) in [5.74, 6) is 1.86. The third kappa shape index (κ3) is 5.08. The Morgan fingerprint density at radius 1 is 1.41 bits per heavy atom. The molecule has 1 aliphatic heterocycles. The molecule has 22 heavy (non-hydrogen) atoms. The zero-order chi connectivity index (χ0) is 15.1. The maximum atomic E-state index is 5.69. The Morgan fingerprint density at radius 2 is 2.14 bits per heavy atom. The number of nitrogens with one attached hydrogen (secondary N) is 1. The molecule has 0 spiro atoms. The molecule has 8 heteroatoms. The molecule has 1 saturated heterocycles. The zero-order valence-corrected chi connectivity index (χ0v) is 16.0. The zero-order valence-electron chi connectivity index (χ0n) is 13.7. The number of halogens is 1. The van der Waals surface area contributed by atoms with Gasteiger partial charge in [-0.1, -0.05) is 0 Å². The van der Waals surface area contributed by atoms with E-state index in [1.165, 1.54) is 0 Å². The van der Waals surface area contributed by atoms with Crippen LogP contribution in [-0.2, 0) is 17.8 Å². The van der Waals surface area contributed by atoms with Crippen molar-refractivity contribution in [2.45, 2.75) is 45.9 Å². The molecule has 0 bridgehead atoms. The van der Waals surface area contributed by atoms with Gasteiger partial charge in [0.15, 0.2) is 11.8 Å². The Labute approximate surface area is 149 Å². The van der Waals surface area contributed by atoms with Crippen LogP contribution >= 0.6 is 24.0 Å². The van der Waals surface area contributed by atoms with Crippen LogP contribution in [0.3, 0.4) is 0 Å². The second-order valence-corrected chi connectivity index (χ2v) is 5.08. The van der Waals surface area contributed by atoms with Gasteiger partial charge in [0.2, 0.25) is 0 Å². The summed E-state index contributed by atoms with van der Waals surface area (Å²) in [6.07, 6.45) is 4.26.